The molecular formula is C22H28N2O4. The van der Waals surface area contributed by atoms with Crippen LogP contribution in [-0.2, 0) is 25.5 Å². The van der Waals surface area contributed by atoms with Crippen LogP contribution in [0.5, 0.6) is 0 Å². The van der Waals surface area contributed by atoms with Gasteiger partial charge >= 0.3 is 5.97 Å². The third-order valence-electron chi connectivity index (χ3n) is 5.40. The van der Waals surface area contributed by atoms with Gasteiger partial charge in [-0.3, -0.25) is 19.5 Å². The number of pyridine rings is 1. The molecule has 2 aliphatic rings. The van der Waals surface area contributed by atoms with E-state index in [4.69, 9.17) is 4.74 Å². The molecule has 0 bridgehead atoms. The van der Waals surface area contributed by atoms with Crippen molar-refractivity contribution >= 4 is 17.8 Å². The minimum Gasteiger partial charge on any atom is -0.464 e. The Morgan fingerprint density at radius 2 is 1.89 bits per heavy atom. The summed E-state index contributed by atoms with van der Waals surface area (Å²) in [5.41, 5.74) is 1.08. The molecule has 0 N–H and O–H groups in total. The maximum absolute atomic E-state index is 12.8. The monoisotopic (exact) mass is 384 g/mol. The topological polar surface area (TPSA) is 76.6 Å². The number of ether oxygens (including phenoxy) is 1. The molecule has 3 atom stereocenters. The van der Waals surface area contributed by atoms with Crippen LogP contribution in [0.3, 0.4) is 0 Å². The number of aromatic nitrogens is 1. The number of esters is 1. The Balaban J connectivity index is 1.62. The Morgan fingerprint density at radius 3 is 2.46 bits per heavy atom. The highest BCUT2D eigenvalue weighted by atomic mass is 16.5. The molecule has 1 fully saturated rings. The molecule has 150 valence electrons. The van der Waals surface area contributed by atoms with E-state index < -0.39 is 12.0 Å². The zero-order valence-electron chi connectivity index (χ0n) is 16.5. The van der Waals surface area contributed by atoms with Crippen LogP contribution in [0.2, 0.25) is 0 Å². The number of nitrogens with zero attached hydrogens (tertiary/aromatic N) is 2. The highest BCUT2D eigenvalue weighted by Gasteiger charge is 2.51. The summed E-state index contributed by atoms with van der Waals surface area (Å²) in [4.78, 5) is 43.7. The lowest BCUT2D eigenvalue weighted by atomic mass is 9.85. The van der Waals surface area contributed by atoms with Gasteiger partial charge in [0, 0.05) is 12.4 Å². The molecule has 1 saturated heterocycles. The van der Waals surface area contributed by atoms with Crippen LogP contribution >= 0.6 is 0 Å². The zero-order chi connectivity index (χ0) is 20.1. The average molecular weight is 384 g/mol. The Kier molecular flexibility index (Phi) is 6.60. The van der Waals surface area contributed by atoms with Crippen LogP contribution in [0.4, 0.5) is 0 Å². The summed E-state index contributed by atoms with van der Waals surface area (Å²) in [6.45, 7) is 4.21. The quantitative estimate of drug-likeness (QED) is 0.298. The number of carbonyl (C=O) groups is 3. The van der Waals surface area contributed by atoms with Crippen LogP contribution < -0.4 is 0 Å². The van der Waals surface area contributed by atoms with Gasteiger partial charge in [-0.05, 0) is 49.7 Å². The molecule has 3 rings (SSSR count). The van der Waals surface area contributed by atoms with Crippen LogP contribution in [0, 0.1) is 17.8 Å². The highest BCUT2D eigenvalue weighted by Crippen LogP contribution is 2.37. The number of amides is 2. The number of imide groups is 1. The molecule has 3 unspecified atom stereocenters. The van der Waals surface area contributed by atoms with E-state index in [-0.39, 0.29) is 36.2 Å². The van der Waals surface area contributed by atoms with E-state index in [2.05, 4.69) is 4.98 Å². The summed E-state index contributed by atoms with van der Waals surface area (Å²) in [6, 6.07) is 3.02. The van der Waals surface area contributed by atoms with Gasteiger partial charge in [-0.25, -0.2) is 4.79 Å². The lowest BCUT2D eigenvalue weighted by molar-refractivity contribution is -0.159. The van der Waals surface area contributed by atoms with Crippen LogP contribution in [-0.4, -0.2) is 40.3 Å². The predicted molar refractivity (Wildman–Crippen MR) is 104 cm³/mol. The minimum absolute atomic E-state index is 0.161. The van der Waals surface area contributed by atoms with E-state index in [1.165, 1.54) is 4.90 Å². The zero-order valence-corrected chi connectivity index (χ0v) is 16.5. The smallest absolute Gasteiger partial charge is 0.329 e. The Morgan fingerprint density at radius 1 is 1.21 bits per heavy atom. The lowest BCUT2D eigenvalue weighted by Crippen LogP contribution is -2.47. The first-order valence-electron chi connectivity index (χ1n) is 10.1. The summed E-state index contributed by atoms with van der Waals surface area (Å²) >= 11 is 0. The van der Waals surface area contributed by atoms with E-state index in [9.17, 15) is 14.4 Å². The van der Waals surface area contributed by atoms with Gasteiger partial charge in [-0.2, -0.15) is 0 Å². The number of aryl methyl sites for hydroxylation is 1. The van der Waals surface area contributed by atoms with Crippen molar-refractivity contribution in [2.24, 2.45) is 17.8 Å². The molecule has 1 aromatic heterocycles. The van der Waals surface area contributed by atoms with Crippen molar-refractivity contribution in [3.05, 3.63) is 42.2 Å². The van der Waals surface area contributed by atoms with Gasteiger partial charge in [0.25, 0.3) is 0 Å². The molecular weight excluding hydrogens is 356 g/mol. The third kappa shape index (κ3) is 4.49. The Bertz CT molecular complexity index is 718. The van der Waals surface area contributed by atoms with Gasteiger partial charge in [0.1, 0.15) is 6.04 Å². The van der Waals surface area contributed by atoms with E-state index >= 15 is 0 Å². The van der Waals surface area contributed by atoms with Crippen molar-refractivity contribution in [2.45, 2.75) is 52.0 Å². The number of allylic oxidation sites excluding steroid dienone is 2. The number of hydrogen-bond acceptors (Lipinski definition) is 5. The number of rotatable bonds is 8. The molecule has 2 amide bonds. The first-order valence-corrected chi connectivity index (χ1v) is 10.1. The first-order chi connectivity index (χ1) is 13.5. The van der Waals surface area contributed by atoms with Crippen LogP contribution in [0.15, 0.2) is 36.7 Å². The number of hydrogen-bond donors (Lipinski definition) is 0. The standard InChI is InChI=1S/C22H28N2O4/c1-15(2)13-19(22(27)28-12-6-8-16-7-5-11-23-14-16)24-20(25)17-9-3-4-10-18(17)21(24)26/h3-5,7,11,14-15,17-19H,6,8-10,12-13H2,1-2H3. The molecule has 0 aromatic carbocycles. The molecule has 0 saturated carbocycles. The van der Waals surface area contributed by atoms with Gasteiger partial charge in [0.05, 0.1) is 18.4 Å². The molecule has 0 spiro atoms. The SMILES string of the molecule is CC(C)CC(C(=O)OCCCc1cccnc1)N1C(=O)C2CC=CCC2C1=O. The van der Waals surface area contributed by atoms with Crippen molar-refractivity contribution in [3.8, 4) is 0 Å². The molecule has 6 nitrogen and oxygen atoms in total. The van der Waals surface area contributed by atoms with Gasteiger partial charge in [-0.1, -0.05) is 32.1 Å². The third-order valence-corrected chi connectivity index (χ3v) is 5.40. The summed E-state index contributed by atoms with van der Waals surface area (Å²) < 4.78 is 5.47. The predicted octanol–water partition coefficient (Wildman–Crippen LogP) is 2.92. The maximum atomic E-state index is 12.8. The number of likely N-dealkylation sites (tertiary alicyclic amines) is 1. The molecule has 0 radical (unpaired) electrons. The van der Waals surface area contributed by atoms with Crippen LogP contribution in [0.25, 0.3) is 0 Å². The molecule has 1 aromatic rings. The van der Waals surface area contributed by atoms with Gasteiger partial charge < -0.3 is 4.74 Å². The fourth-order valence-corrected chi connectivity index (χ4v) is 3.98. The fraction of sp³-hybridized carbons (Fsp3) is 0.545. The molecule has 1 aliphatic heterocycles. The maximum Gasteiger partial charge on any atom is 0.329 e. The van der Waals surface area contributed by atoms with E-state index in [0.29, 0.717) is 25.7 Å². The Labute approximate surface area is 166 Å². The summed E-state index contributed by atoms with van der Waals surface area (Å²) in [5.74, 6) is -1.42. The Hall–Kier alpha value is -2.50. The molecule has 6 heteroatoms. The second kappa shape index (κ2) is 9.13. The second-order valence-corrected chi connectivity index (χ2v) is 7.98. The normalized spacial score (nSPS) is 22.5. The summed E-state index contributed by atoms with van der Waals surface area (Å²) in [5, 5.41) is 0. The van der Waals surface area contributed by atoms with Crippen LogP contribution in [0.1, 0.15) is 45.1 Å². The molecule has 2 heterocycles. The molecule has 1 aliphatic carbocycles. The average Bonchev–Trinajstić information content (AvgIpc) is 2.95. The summed E-state index contributed by atoms with van der Waals surface area (Å²) in [6.07, 6.45) is 10.4. The first kappa shape index (κ1) is 20.2. The largest absolute Gasteiger partial charge is 0.464 e. The number of fused-ring (bicyclic) bond motifs is 1. The van der Waals surface area contributed by atoms with Gasteiger partial charge in [0.2, 0.25) is 11.8 Å². The van der Waals surface area contributed by atoms with E-state index in [1.54, 1.807) is 12.4 Å². The van der Waals surface area contributed by atoms with Crippen molar-refractivity contribution < 1.29 is 19.1 Å². The summed E-state index contributed by atoms with van der Waals surface area (Å²) in [7, 11) is 0. The highest BCUT2D eigenvalue weighted by molar-refractivity contribution is 6.08. The fourth-order valence-electron chi connectivity index (χ4n) is 3.98. The number of carbonyl (C=O) groups excluding carboxylic acids is 3. The second-order valence-electron chi connectivity index (χ2n) is 7.98. The lowest BCUT2D eigenvalue weighted by Gasteiger charge is -2.26. The minimum atomic E-state index is -0.830. The van der Waals surface area contributed by atoms with Crippen molar-refractivity contribution in [3.63, 3.8) is 0 Å². The van der Waals surface area contributed by atoms with Gasteiger partial charge in [0.15, 0.2) is 0 Å². The van der Waals surface area contributed by atoms with E-state index in [1.807, 2.05) is 38.1 Å². The van der Waals surface area contributed by atoms with Crippen molar-refractivity contribution in [2.75, 3.05) is 6.61 Å². The van der Waals surface area contributed by atoms with Crippen molar-refractivity contribution in [1.29, 1.82) is 0 Å². The van der Waals surface area contributed by atoms with E-state index in [0.717, 1.165) is 12.0 Å². The molecule has 28 heavy (non-hydrogen) atoms. The van der Waals surface area contributed by atoms with Crippen molar-refractivity contribution in [1.82, 2.24) is 9.88 Å². The van der Waals surface area contributed by atoms with Gasteiger partial charge in [-0.15, -0.1) is 0 Å².